The number of likely N-dealkylation sites (tertiary alicyclic amines) is 1. The average molecular weight is 449 g/mol. The standard InChI is InChI=1S/C24H27F4N3O/c25-22-7-2-1-4-19(22)17-29-10-8-18(9-11-29)23(32)31-14-12-30(13-15-31)21-6-3-5-20(16-21)24(26,27)28/h1-7,16,18H,8-15,17H2. The lowest BCUT2D eigenvalue weighted by Crippen LogP contribution is -2.51. The van der Waals surface area contributed by atoms with Crippen LogP contribution in [0.25, 0.3) is 0 Å². The van der Waals surface area contributed by atoms with Crippen LogP contribution in [0.2, 0.25) is 0 Å². The monoisotopic (exact) mass is 449 g/mol. The zero-order valence-electron chi connectivity index (χ0n) is 17.8. The third-order valence-corrected chi connectivity index (χ3v) is 6.42. The Morgan fingerprint density at radius 1 is 0.906 bits per heavy atom. The zero-order valence-corrected chi connectivity index (χ0v) is 17.8. The van der Waals surface area contributed by atoms with Crippen LogP contribution >= 0.6 is 0 Å². The van der Waals surface area contributed by atoms with Gasteiger partial charge in [0.05, 0.1) is 5.56 Å². The second-order valence-corrected chi connectivity index (χ2v) is 8.50. The van der Waals surface area contributed by atoms with Gasteiger partial charge in [-0.3, -0.25) is 9.69 Å². The topological polar surface area (TPSA) is 26.8 Å². The molecule has 1 amide bonds. The van der Waals surface area contributed by atoms with Gasteiger partial charge >= 0.3 is 6.18 Å². The number of nitrogens with zero attached hydrogens (tertiary/aromatic N) is 3. The third kappa shape index (κ3) is 5.23. The van der Waals surface area contributed by atoms with Crippen molar-refractivity contribution in [2.24, 2.45) is 5.92 Å². The first kappa shape index (κ1) is 22.6. The van der Waals surface area contributed by atoms with Crippen LogP contribution in [0.1, 0.15) is 24.0 Å². The summed E-state index contributed by atoms with van der Waals surface area (Å²) in [5.74, 6) is -0.129. The summed E-state index contributed by atoms with van der Waals surface area (Å²) in [4.78, 5) is 18.9. The molecule has 8 heteroatoms. The van der Waals surface area contributed by atoms with Crippen molar-refractivity contribution in [3.63, 3.8) is 0 Å². The summed E-state index contributed by atoms with van der Waals surface area (Å²) in [5, 5.41) is 0. The molecule has 2 aromatic carbocycles. The van der Waals surface area contributed by atoms with E-state index in [1.165, 1.54) is 18.2 Å². The number of halogens is 4. The van der Waals surface area contributed by atoms with Crippen molar-refractivity contribution < 1.29 is 22.4 Å². The molecule has 0 saturated carbocycles. The highest BCUT2D eigenvalue weighted by Crippen LogP contribution is 2.32. The van der Waals surface area contributed by atoms with Crippen LogP contribution in [0.3, 0.4) is 0 Å². The third-order valence-electron chi connectivity index (χ3n) is 6.42. The summed E-state index contributed by atoms with van der Waals surface area (Å²) in [6, 6.07) is 12.1. The lowest BCUT2D eigenvalue weighted by Gasteiger charge is -2.39. The highest BCUT2D eigenvalue weighted by Gasteiger charge is 2.33. The normalized spacial score (nSPS) is 18.8. The molecule has 2 heterocycles. The fourth-order valence-electron chi connectivity index (χ4n) is 4.53. The van der Waals surface area contributed by atoms with Crippen molar-refractivity contribution in [1.29, 1.82) is 0 Å². The molecule has 0 unspecified atom stereocenters. The number of hydrogen-bond donors (Lipinski definition) is 0. The van der Waals surface area contributed by atoms with Gasteiger partial charge in [-0.05, 0) is 50.2 Å². The van der Waals surface area contributed by atoms with Crippen molar-refractivity contribution in [2.75, 3.05) is 44.2 Å². The summed E-state index contributed by atoms with van der Waals surface area (Å²) in [6.45, 7) is 4.07. The summed E-state index contributed by atoms with van der Waals surface area (Å²) < 4.78 is 52.8. The zero-order chi connectivity index (χ0) is 22.7. The van der Waals surface area contributed by atoms with E-state index in [1.54, 1.807) is 18.2 Å². The molecule has 2 aliphatic heterocycles. The average Bonchev–Trinajstić information content (AvgIpc) is 2.80. The molecular weight excluding hydrogens is 422 g/mol. The Morgan fingerprint density at radius 2 is 1.59 bits per heavy atom. The van der Waals surface area contributed by atoms with Gasteiger partial charge in [-0.25, -0.2) is 4.39 Å². The minimum Gasteiger partial charge on any atom is -0.368 e. The molecule has 0 N–H and O–H groups in total. The highest BCUT2D eigenvalue weighted by atomic mass is 19.4. The first-order valence-corrected chi connectivity index (χ1v) is 11.0. The predicted octanol–water partition coefficient (Wildman–Crippen LogP) is 4.41. The van der Waals surface area contributed by atoms with E-state index in [4.69, 9.17) is 0 Å². The van der Waals surface area contributed by atoms with Gasteiger partial charge in [-0.2, -0.15) is 13.2 Å². The Hall–Kier alpha value is -2.61. The van der Waals surface area contributed by atoms with E-state index >= 15 is 0 Å². The maximum atomic E-state index is 13.9. The minimum absolute atomic E-state index is 0.0491. The van der Waals surface area contributed by atoms with Gasteiger partial charge in [0.2, 0.25) is 5.91 Å². The van der Waals surface area contributed by atoms with Crippen LogP contribution < -0.4 is 4.90 Å². The van der Waals surface area contributed by atoms with E-state index in [1.807, 2.05) is 15.9 Å². The molecule has 0 aliphatic carbocycles. The Morgan fingerprint density at radius 3 is 2.25 bits per heavy atom. The molecule has 0 spiro atoms. The summed E-state index contributed by atoms with van der Waals surface area (Å²) in [6.07, 6.45) is -2.89. The van der Waals surface area contributed by atoms with Crippen LogP contribution in [0.4, 0.5) is 23.2 Å². The smallest absolute Gasteiger partial charge is 0.368 e. The summed E-state index contributed by atoms with van der Waals surface area (Å²) in [7, 11) is 0. The summed E-state index contributed by atoms with van der Waals surface area (Å²) >= 11 is 0. The summed E-state index contributed by atoms with van der Waals surface area (Å²) in [5.41, 5.74) is 0.548. The predicted molar refractivity (Wildman–Crippen MR) is 115 cm³/mol. The van der Waals surface area contributed by atoms with E-state index in [2.05, 4.69) is 4.90 Å². The Balaban J connectivity index is 1.27. The maximum absolute atomic E-state index is 13.9. The van der Waals surface area contributed by atoms with Gasteiger partial charge in [0.1, 0.15) is 5.82 Å². The van der Waals surface area contributed by atoms with E-state index in [9.17, 15) is 22.4 Å². The first-order chi connectivity index (χ1) is 15.3. The van der Waals surface area contributed by atoms with Gasteiger partial charge in [-0.1, -0.05) is 24.3 Å². The molecular formula is C24H27F4N3O. The van der Waals surface area contributed by atoms with Crippen LogP contribution in [0.15, 0.2) is 48.5 Å². The largest absolute Gasteiger partial charge is 0.416 e. The molecule has 4 nitrogen and oxygen atoms in total. The highest BCUT2D eigenvalue weighted by molar-refractivity contribution is 5.79. The molecule has 2 aromatic rings. The molecule has 32 heavy (non-hydrogen) atoms. The molecule has 0 radical (unpaired) electrons. The number of hydrogen-bond acceptors (Lipinski definition) is 3. The van der Waals surface area contributed by atoms with Gasteiger partial charge < -0.3 is 9.80 Å². The molecule has 172 valence electrons. The van der Waals surface area contributed by atoms with Crippen LogP contribution in [0.5, 0.6) is 0 Å². The number of benzene rings is 2. The van der Waals surface area contributed by atoms with Crippen molar-refractivity contribution in [3.8, 4) is 0 Å². The van der Waals surface area contributed by atoms with E-state index < -0.39 is 11.7 Å². The SMILES string of the molecule is O=C(C1CCN(Cc2ccccc2F)CC1)N1CCN(c2cccc(C(F)(F)F)c2)CC1. The lowest BCUT2D eigenvalue weighted by molar-refractivity contribution is -0.138. The van der Waals surface area contributed by atoms with E-state index in [0.717, 1.165) is 32.0 Å². The first-order valence-electron chi connectivity index (χ1n) is 11.0. The number of rotatable bonds is 4. The van der Waals surface area contributed by atoms with Crippen molar-refractivity contribution in [2.45, 2.75) is 25.6 Å². The van der Waals surface area contributed by atoms with E-state index in [-0.39, 0.29) is 17.6 Å². The number of alkyl halides is 3. The van der Waals surface area contributed by atoms with Crippen molar-refractivity contribution in [1.82, 2.24) is 9.80 Å². The number of piperazine rings is 1. The Labute approximate surface area is 185 Å². The minimum atomic E-state index is -4.37. The fourth-order valence-corrected chi connectivity index (χ4v) is 4.53. The second kappa shape index (κ2) is 9.48. The number of piperidine rings is 1. The number of amides is 1. The molecule has 2 fully saturated rings. The lowest BCUT2D eigenvalue weighted by atomic mass is 9.94. The van der Waals surface area contributed by atoms with Crippen molar-refractivity contribution >= 4 is 11.6 Å². The van der Waals surface area contributed by atoms with Crippen molar-refractivity contribution in [3.05, 3.63) is 65.5 Å². The second-order valence-electron chi connectivity index (χ2n) is 8.50. The van der Waals surface area contributed by atoms with Gasteiger partial charge in [-0.15, -0.1) is 0 Å². The van der Waals surface area contributed by atoms with Crippen LogP contribution in [-0.2, 0) is 17.5 Å². The van der Waals surface area contributed by atoms with Crippen LogP contribution in [-0.4, -0.2) is 55.0 Å². The number of carbonyl (C=O) groups is 1. The van der Waals surface area contributed by atoms with Gasteiger partial charge in [0, 0.05) is 49.9 Å². The Bertz CT molecular complexity index is 933. The number of carbonyl (C=O) groups excluding carboxylic acids is 1. The van der Waals surface area contributed by atoms with Crippen LogP contribution in [0, 0.1) is 11.7 Å². The number of anilines is 1. The van der Waals surface area contributed by atoms with Gasteiger partial charge in [0.25, 0.3) is 0 Å². The van der Waals surface area contributed by atoms with Gasteiger partial charge in [0.15, 0.2) is 0 Å². The Kier molecular flexibility index (Phi) is 6.69. The maximum Gasteiger partial charge on any atom is 0.416 e. The molecule has 0 bridgehead atoms. The fraction of sp³-hybridized carbons (Fsp3) is 0.458. The molecule has 4 rings (SSSR count). The quantitative estimate of drug-likeness (QED) is 0.648. The molecule has 2 saturated heterocycles. The molecule has 0 atom stereocenters. The van der Waals surface area contributed by atoms with E-state index in [0.29, 0.717) is 44.0 Å². The molecule has 0 aromatic heterocycles. The molecule has 2 aliphatic rings.